The van der Waals surface area contributed by atoms with Crippen molar-refractivity contribution in [1.29, 1.82) is 0 Å². The molecule has 0 fully saturated rings. The molecule has 16 heavy (non-hydrogen) atoms. The van der Waals surface area contributed by atoms with Gasteiger partial charge in [-0.15, -0.1) is 0 Å². The third kappa shape index (κ3) is 4.35. The highest BCUT2D eigenvalue weighted by Crippen LogP contribution is 2.08. The fourth-order valence-corrected chi connectivity index (χ4v) is 1.78. The molecule has 0 spiro atoms. The maximum atomic E-state index is 5.96. The van der Waals surface area contributed by atoms with E-state index < -0.39 is 0 Å². The summed E-state index contributed by atoms with van der Waals surface area (Å²) in [6.45, 7) is 7.73. The summed E-state index contributed by atoms with van der Waals surface area (Å²) in [5.74, 6) is 1.92. The number of hydrogen-bond acceptors (Lipinski definition) is 2. The van der Waals surface area contributed by atoms with Gasteiger partial charge in [0, 0.05) is 31.4 Å². The van der Waals surface area contributed by atoms with E-state index in [0.717, 1.165) is 31.1 Å². The van der Waals surface area contributed by atoms with E-state index in [1.165, 1.54) is 12.8 Å². The average molecular weight is 223 g/mol. The second-order valence-electron chi connectivity index (χ2n) is 4.95. The van der Waals surface area contributed by atoms with Crippen molar-refractivity contribution >= 4 is 0 Å². The second-order valence-corrected chi connectivity index (χ2v) is 4.95. The van der Waals surface area contributed by atoms with Gasteiger partial charge in [-0.2, -0.15) is 0 Å². The van der Waals surface area contributed by atoms with Crippen LogP contribution in [-0.4, -0.2) is 15.6 Å². The van der Waals surface area contributed by atoms with Gasteiger partial charge < -0.3 is 10.3 Å². The zero-order valence-electron chi connectivity index (χ0n) is 10.8. The van der Waals surface area contributed by atoms with E-state index in [2.05, 4.69) is 36.5 Å². The molecule has 1 rings (SSSR count). The smallest absolute Gasteiger partial charge is 0.110 e. The summed E-state index contributed by atoms with van der Waals surface area (Å²) in [6, 6.07) is 0.242. The Morgan fingerprint density at radius 1 is 1.44 bits per heavy atom. The number of imidazole rings is 1. The van der Waals surface area contributed by atoms with Gasteiger partial charge in [0.15, 0.2) is 0 Å². The standard InChI is InChI=1S/C13H25N3/c1-4-12(14)10-13-15-7-9-16(13)8-5-6-11(2)3/h7,9,11-12H,4-6,8,10,14H2,1-3H3. The molecule has 0 radical (unpaired) electrons. The van der Waals surface area contributed by atoms with E-state index in [4.69, 9.17) is 5.73 Å². The molecule has 3 nitrogen and oxygen atoms in total. The minimum absolute atomic E-state index is 0.242. The van der Waals surface area contributed by atoms with E-state index in [9.17, 15) is 0 Å². The Hall–Kier alpha value is -0.830. The van der Waals surface area contributed by atoms with Gasteiger partial charge in [0.05, 0.1) is 0 Å². The molecule has 1 aromatic rings. The van der Waals surface area contributed by atoms with Crippen molar-refractivity contribution in [2.75, 3.05) is 0 Å². The van der Waals surface area contributed by atoms with Crippen molar-refractivity contribution in [3.05, 3.63) is 18.2 Å². The van der Waals surface area contributed by atoms with Crippen molar-refractivity contribution in [2.24, 2.45) is 11.7 Å². The van der Waals surface area contributed by atoms with Crippen LogP contribution in [0.2, 0.25) is 0 Å². The van der Waals surface area contributed by atoms with Crippen LogP contribution in [0.4, 0.5) is 0 Å². The van der Waals surface area contributed by atoms with Gasteiger partial charge in [0.2, 0.25) is 0 Å². The topological polar surface area (TPSA) is 43.8 Å². The van der Waals surface area contributed by atoms with Gasteiger partial charge >= 0.3 is 0 Å². The Morgan fingerprint density at radius 3 is 2.81 bits per heavy atom. The molecule has 92 valence electrons. The minimum Gasteiger partial charge on any atom is -0.335 e. The molecule has 0 bridgehead atoms. The maximum Gasteiger partial charge on any atom is 0.110 e. The highest BCUT2D eigenvalue weighted by molar-refractivity contribution is 4.94. The fraction of sp³-hybridized carbons (Fsp3) is 0.769. The number of aromatic nitrogens is 2. The highest BCUT2D eigenvalue weighted by atomic mass is 15.1. The quantitative estimate of drug-likeness (QED) is 0.772. The summed E-state index contributed by atoms with van der Waals surface area (Å²) in [4.78, 5) is 4.38. The lowest BCUT2D eigenvalue weighted by atomic mass is 10.1. The third-order valence-electron chi connectivity index (χ3n) is 2.95. The van der Waals surface area contributed by atoms with E-state index >= 15 is 0 Å². The molecule has 0 aliphatic carbocycles. The molecule has 1 atom stereocenters. The zero-order valence-corrected chi connectivity index (χ0v) is 10.8. The Bertz CT molecular complexity index is 291. The molecular weight excluding hydrogens is 198 g/mol. The van der Waals surface area contributed by atoms with Crippen LogP contribution in [0.15, 0.2) is 12.4 Å². The van der Waals surface area contributed by atoms with Crippen LogP contribution in [0.5, 0.6) is 0 Å². The van der Waals surface area contributed by atoms with E-state index in [-0.39, 0.29) is 6.04 Å². The van der Waals surface area contributed by atoms with Gasteiger partial charge in [-0.3, -0.25) is 0 Å². The summed E-state index contributed by atoms with van der Waals surface area (Å²) < 4.78 is 2.25. The molecule has 1 aromatic heterocycles. The summed E-state index contributed by atoms with van der Waals surface area (Å²) in [5, 5.41) is 0. The minimum atomic E-state index is 0.242. The van der Waals surface area contributed by atoms with Gasteiger partial charge in [0.1, 0.15) is 5.82 Å². The monoisotopic (exact) mass is 223 g/mol. The molecule has 1 unspecified atom stereocenters. The Morgan fingerprint density at radius 2 is 2.19 bits per heavy atom. The first-order chi connectivity index (χ1) is 7.63. The number of rotatable bonds is 7. The number of nitrogens with two attached hydrogens (primary N) is 1. The number of aryl methyl sites for hydroxylation is 1. The molecule has 0 saturated carbocycles. The number of nitrogens with zero attached hydrogens (tertiary/aromatic N) is 2. The third-order valence-corrected chi connectivity index (χ3v) is 2.95. The summed E-state index contributed by atoms with van der Waals surface area (Å²) in [6.07, 6.45) is 8.36. The van der Waals surface area contributed by atoms with Crippen LogP contribution in [0.25, 0.3) is 0 Å². The predicted octanol–water partition coefficient (Wildman–Crippen LogP) is 2.60. The van der Waals surface area contributed by atoms with Gasteiger partial charge in [0.25, 0.3) is 0 Å². The van der Waals surface area contributed by atoms with Crippen molar-refractivity contribution in [1.82, 2.24) is 9.55 Å². The molecule has 1 heterocycles. The van der Waals surface area contributed by atoms with Gasteiger partial charge in [-0.05, 0) is 25.2 Å². The summed E-state index contributed by atoms with van der Waals surface area (Å²) in [7, 11) is 0. The summed E-state index contributed by atoms with van der Waals surface area (Å²) >= 11 is 0. The first kappa shape index (κ1) is 13.2. The maximum absolute atomic E-state index is 5.96. The average Bonchev–Trinajstić information content (AvgIpc) is 2.65. The molecule has 0 saturated heterocycles. The van der Waals surface area contributed by atoms with Crippen LogP contribution in [0.1, 0.15) is 45.9 Å². The Kier molecular flexibility index (Phi) is 5.53. The molecule has 0 aromatic carbocycles. The van der Waals surface area contributed by atoms with Crippen LogP contribution in [0.3, 0.4) is 0 Å². The van der Waals surface area contributed by atoms with Crippen molar-refractivity contribution in [2.45, 2.75) is 59.0 Å². The Labute approximate surface area is 99.1 Å². The van der Waals surface area contributed by atoms with E-state index in [1.54, 1.807) is 0 Å². The lowest BCUT2D eigenvalue weighted by Crippen LogP contribution is -2.23. The molecule has 3 heteroatoms. The van der Waals surface area contributed by atoms with Crippen LogP contribution in [0, 0.1) is 5.92 Å². The Balaban J connectivity index is 2.44. The van der Waals surface area contributed by atoms with Crippen molar-refractivity contribution in [3.8, 4) is 0 Å². The summed E-state index contributed by atoms with van der Waals surface area (Å²) in [5.41, 5.74) is 5.96. The van der Waals surface area contributed by atoms with Gasteiger partial charge in [-0.1, -0.05) is 20.8 Å². The van der Waals surface area contributed by atoms with Crippen LogP contribution >= 0.6 is 0 Å². The zero-order chi connectivity index (χ0) is 12.0. The van der Waals surface area contributed by atoms with Crippen LogP contribution in [-0.2, 0) is 13.0 Å². The van der Waals surface area contributed by atoms with Crippen molar-refractivity contribution in [3.63, 3.8) is 0 Å². The molecule has 0 aliphatic rings. The number of hydrogen-bond donors (Lipinski definition) is 1. The van der Waals surface area contributed by atoms with Crippen molar-refractivity contribution < 1.29 is 0 Å². The first-order valence-electron chi connectivity index (χ1n) is 6.39. The largest absolute Gasteiger partial charge is 0.335 e. The van der Waals surface area contributed by atoms with Crippen LogP contribution < -0.4 is 5.73 Å². The lowest BCUT2D eigenvalue weighted by Gasteiger charge is -2.12. The lowest BCUT2D eigenvalue weighted by molar-refractivity contribution is 0.496. The van der Waals surface area contributed by atoms with Gasteiger partial charge in [-0.25, -0.2) is 4.98 Å². The SMILES string of the molecule is CCC(N)Cc1nccn1CCCC(C)C. The normalized spacial score (nSPS) is 13.3. The fourth-order valence-electron chi connectivity index (χ4n) is 1.78. The predicted molar refractivity (Wildman–Crippen MR) is 68.3 cm³/mol. The first-order valence-corrected chi connectivity index (χ1v) is 6.39. The molecule has 0 amide bonds. The second kappa shape index (κ2) is 6.69. The molecule has 2 N–H and O–H groups in total. The van der Waals surface area contributed by atoms with E-state index in [1.807, 2.05) is 6.20 Å². The molecular formula is C13H25N3. The highest BCUT2D eigenvalue weighted by Gasteiger charge is 2.07. The van der Waals surface area contributed by atoms with E-state index in [0.29, 0.717) is 0 Å². The molecule has 0 aliphatic heterocycles.